The van der Waals surface area contributed by atoms with Crippen LogP contribution in [0.2, 0.25) is 5.28 Å². The zero-order valence-electron chi connectivity index (χ0n) is 10.2. The lowest BCUT2D eigenvalue weighted by Crippen LogP contribution is -2.18. The van der Waals surface area contributed by atoms with Crippen LogP contribution in [0.15, 0.2) is 6.33 Å². The number of hydrogen-bond acceptors (Lipinski definition) is 4. The van der Waals surface area contributed by atoms with Crippen LogP contribution in [-0.2, 0) is 0 Å². The maximum absolute atomic E-state index is 5.85. The number of H-pyrrole nitrogens is 1. The van der Waals surface area contributed by atoms with Gasteiger partial charge in [-0.25, -0.2) is 4.98 Å². The normalized spacial score (nSPS) is 13.2. The molecule has 1 unspecified atom stereocenters. The number of aromatic amines is 1. The third kappa shape index (κ3) is 2.85. The van der Waals surface area contributed by atoms with Crippen LogP contribution in [0.25, 0.3) is 11.2 Å². The van der Waals surface area contributed by atoms with Crippen LogP contribution in [0, 0.1) is 5.92 Å². The van der Waals surface area contributed by atoms with Crippen molar-refractivity contribution < 1.29 is 0 Å². The first-order valence-electron chi connectivity index (χ1n) is 5.69. The summed E-state index contributed by atoms with van der Waals surface area (Å²) in [6.07, 6.45) is 2.66. The van der Waals surface area contributed by atoms with E-state index in [0.717, 1.165) is 11.9 Å². The van der Waals surface area contributed by atoms with E-state index in [2.05, 4.69) is 46.0 Å². The van der Waals surface area contributed by atoms with E-state index in [1.54, 1.807) is 6.33 Å². The summed E-state index contributed by atoms with van der Waals surface area (Å²) in [6.45, 7) is 6.51. The Kier molecular flexibility index (Phi) is 3.47. The first kappa shape index (κ1) is 12.1. The van der Waals surface area contributed by atoms with E-state index in [9.17, 15) is 0 Å². The van der Waals surface area contributed by atoms with E-state index in [1.807, 2.05) is 0 Å². The van der Waals surface area contributed by atoms with Gasteiger partial charge in [0.15, 0.2) is 11.5 Å². The monoisotopic (exact) mass is 253 g/mol. The van der Waals surface area contributed by atoms with Gasteiger partial charge in [0, 0.05) is 6.04 Å². The molecule has 0 amide bonds. The van der Waals surface area contributed by atoms with Gasteiger partial charge < -0.3 is 10.3 Å². The summed E-state index contributed by atoms with van der Waals surface area (Å²) < 4.78 is 0. The highest BCUT2D eigenvalue weighted by Gasteiger charge is 2.12. The number of fused-ring (bicyclic) bond motifs is 1. The molecule has 0 aliphatic carbocycles. The van der Waals surface area contributed by atoms with Gasteiger partial charge in [0.2, 0.25) is 5.28 Å². The molecule has 0 bridgehead atoms. The second-order valence-corrected chi connectivity index (χ2v) is 4.96. The van der Waals surface area contributed by atoms with Crippen molar-refractivity contribution in [1.82, 2.24) is 19.9 Å². The number of hydrogen-bond donors (Lipinski definition) is 2. The zero-order valence-corrected chi connectivity index (χ0v) is 10.9. The molecular weight excluding hydrogens is 238 g/mol. The van der Waals surface area contributed by atoms with Gasteiger partial charge in [-0.3, -0.25) is 0 Å². The Morgan fingerprint density at radius 1 is 1.35 bits per heavy atom. The highest BCUT2D eigenvalue weighted by atomic mass is 35.5. The lowest BCUT2D eigenvalue weighted by molar-refractivity contribution is 0.539. The molecule has 2 aromatic heterocycles. The quantitative estimate of drug-likeness (QED) is 0.823. The van der Waals surface area contributed by atoms with Crippen LogP contribution in [0.3, 0.4) is 0 Å². The largest absolute Gasteiger partial charge is 0.366 e. The van der Waals surface area contributed by atoms with Gasteiger partial charge in [0.1, 0.15) is 5.52 Å². The molecule has 2 heterocycles. The van der Waals surface area contributed by atoms with Crippen LogP contribution in [0.1, 0.15) is 27.2 Å². The second kappa shape index (κ2) is 4.87. The molecule has 0 radical (unpaired) electrons. The highest BCUT2D eigenvalue weighted by molar-refractivity contribution is 6.28. The molecule has 17 heavy (non-hydrogen) atoms. The van der Waals surface area contributed by atoms with Gasteiger partial charge in [0.25, 0.3) is 0 Å². The summed E-state index contributed by atoms with van der Waals surface area (Å²) in [6, 6.07) is 0.326. The fourth-order valence-corrected chi connectivity index (χ4v) is 2.08. The van der Waals surface area contributed by atoms with E-state index in [4.69, 9.17) is 11.6 Å². The molecule has 0 saturated carbocycles. The van der Waals surface area contributed by atoms with Gasteiger partial charge in [-0.1, -0.05) is 13.8 Å². The molecule has 0 fully saturated rings. The second-order valence-electron chi connectivity index (χ2n) is 4.62. The number of aromatic nitrogens is 4. The van der Waals surface area contributed by atoms with Crippen LogP contribution in [0.4, 0.5) is 5.82 Å². The molecule has 5 nitrogen and oxygen atoms in total. The van der Waals surface area contributed by atoms with Crippen molar-refractivity contribution in [2.75, 3.05) is 5.32 Å². The molecule has 0 aliphatic rings. The van der Waals surface area contributed by atoms with E-state index < -0.39 is 0 Å². The van der Waals surface area contributed by atoms with Gasteiger partial charge in [0.05, 0.1) is 6.33 Å². The maximum atomic E-state index is 5.85. The van der Waals surface area contributed by atoms with Gasteiger partial charge in [-0.05, 0) is 30.9 Å². The Morgan fingerprint density at radius 3 is 2.82 bits per heavy atom. The minimum atomic E-state index is 0.212. The van der Waals surface area contributed by atoms with E-state index >= 15 is 0 Å². The molecule has 2 rings (SSSR count). The van der Waals surface area contributed by atoms with Gasteiger partial charge in [-0.2, -0.15) is 9.97 Å². The number of imidazole rings is 1. The summed E-state index contributed by atoms with van der Waals surface area (Å²) in [7, 11) is 0. The average Bonchev–Trinajstić information content (AvgIpc) is 2.63. The third-order valence-corrected chi connectivity index (χ3v) is 2.64. The predicted octanol–water partition coefficient (Wildman–Crippen LogP) is 2.85. The summed E-state index contributed by atoms with van der Waals surface area (Å²) in [5.74, 6) is 1.35. The minimum absolute atomic E-state index is 0.212. The number of nitrogens with zero attached hydrogens (tertiary/aromatic N) is 3. The van der Waals surface area contributed by atoms with Crippen molar-refractivity contribution in [3.05, 3.63) is 11.6 Å². The fraction of sp³-hybridized carbons (Fsp3) is 0.545. The molecule has 92 valence electrons. The molecule has 0 aliphatic heterocycles. The number of anilines is 1. The highest BCUT2D eigenvalue weighted by Crippen LogP contribution is 2.20. The Labute approximate surface area is 105 Å². The van der Waals surface area contributed by atoms with Crippen molar-refractivity contribution >= 4 is 28.6 Å². The van der Waals surface area contributed by atoms with Crippen molar-refractivity contribution in [2.45, 2.75) is 33.2 Å². The first-order valence-corrected chi connectivity index (χ1v) is 6.07. The van der Waals surface area contributed by atoms with E-state index in [-0.39, 0.29) is 5.28 Å². The summed E-state index contributed by atoms with van der Waals surface area (Å²) >= 11 is 5.85. The Morgan fingerprint density at radius 2 is 2.12 bits per heavy atom. The zero-order chi connectivity index (χ0) is 12.4. The number of halogens is 1. The fourth-order valence-electron chi connectivity index (χ4n) is 1.91. The maximum Gasteiger partial charge on any atom is 0.226 e. The minimum Gasteiger partial charge on any atom is -0.366 e. The van der Waals surface area contributed by atoms with Crippen LogP contribution >= 0.6 is 11.6 Å². The van der Waals surface area contributed by atoms with E-state index in [1.165, 1.54) is 0 Å². The molecule has 0 spiro atoms. The molecule has 0 saturated heterocycles. The van der Waals surface area contributed by atoms with E-state index in [0.29, 0.717) is 23.4 Å². The Balaban J connectivity index is 2.25. The molecule has 0 aromatic carbocycles. The van der Waals surface area contributed by atoms with Gasteiger partial charge >= 0.3 is 0 Å². The lowest BCUT2D eigenvalue weighted by Gasteiger charge is -2.16. The molecular formula is C11H16ClN5. The summed E-state index contributed by atoms with van der Waals surface area (Å²) in [4.78, 5) is 15.3. The van der Waals surface area contributed by atoms with Crippen molar-refractivity contribution in [1.29, 1.82) is 0 Å². The smallest absolute Gasteiger partial charge is 0.226 e. The van der Waals surface area contributed by atoms with Crippen LogP contribution < -0.4 is 5.32 Å². The Hall–Kier alpha value is -1.36. The third-order valence-electron chi connectivity index (χ3n) is 2.47. The summed E-state index contributed by atoms with van der Waals surface area (Å²) in [5.41, 5.74) is 1.38. The van der Waals surface area contributed by atoms with Crippen LogP contribution in [-0.4, -0.2) is 26.0 Å². The SMILES string of the molecule is CC(C)CC(C)Nc1nc(Cl)nc2nc[nH]c12. The molecule has 2 N–H and O–H groups in total. The predicted molar refractivity (Wildman–Crippen MR) is 69.2 cm³/mol. The lowest BCUT2D eigenvalue weighted by atomic mass is 10.1. The average molecular weight is 254 g/mol. The molecule has 1 atom stereocenters. The first-order chi connectivity index (χ1) is 8.06. The van der Waals surface area contributed by atoms with Crippen molar-refractivity contribution in [3.63, 3.8) is 0 Å². The molecule has 6 heteroatoms. The van der Waals surface area contributed by atoms with Crippen LogP contribution in [0.5, 0.6) is 0 Å². The summed E-state index contributed by atoms with van der Waals surface area (Å²) in [5, 5.41) is 3.55. The molecule has 2 aromatic rings. The Bertz CT molecular complexity index is 508. The topological polar surface area (TPSA) is 66.5 Å². The number of rotatable bonds is 4. The number of nitrogens with one attached hydrogen (secondary N) is 2. The standard InChI is InChI=1S/C11H16ClN5/c1-6(2)4-7(3)15-10-8-9(14-5-13-8)16-11(12)17-10/h5-7H,4H2,1-3H3,(H2,13,14,15,16,17). The van der Waals surface area contributed by atoms with Crippen molar-refractivity contribution in [3.8, 4) is 0 Å². The van der Waals surface area contributed by atoms with Gasteiger partial charge in [-0.15, -0.1) is 0 Å². The van der Waals surface area contributed by atoms with Crippen molar-refractivity contribution in [2.24, 2.45) is 5.92 Å².